The molecule has 0 bridgehead atoms. The smallest absolute Gasteiger partial charge is 0.306 e. The lowest BCUT2D eigenvalue weighted by atomic mass is 10.0. The van der Waals surface area contributed by atoms with Crippen LogP contribution in [0.25, 0.3) is 0 Å². The molecular formula is C14H16BrNO3. The SMILES string of the molecule is O=C(O)[C@H]1CC[C@@H](C(=O)NCc2ccccc2Br)C1. The maximum atomic E-state index is 12.0. The number of hydrogen-bond donors (Lipinski definition) is 2. The Morgan fingerprint density at radius 2 is 1.95 bits per heavy atom. The Morgan fingerprint density at radius 1 is 1.26 bits per heavy atom. The summed E-state index contributed by atoms with van der Waals surface area (Å²) >= 11 is 3.43. The Bertz CT molecular complexity index is 489. The van der Waals surface area contributed by atoms with Crippen LogP contribution in [0.1, 0.15) is 24.8 Å². The van der Waals surface area contributed by atoms with Gasteiger partial charge in [0.25, 0.3) is 0 Å². The monoisotopic (exact) mass is 325 g/mol. The van der Waals surface area contributed by atoms with E-state index in [4.69, 9.17) is 5.11 Å². The molecule has 0 aromatic heterocycles. The predicted octanol–water partition coefficient (Wildman–Crippen LogP) is 2.57. The molecule has 1 aliphatic carbocycles. The quantitative estimate of drug-likeness (QED) is 0.894. The summed E-state index contributed by atoms with van der Waals surface area (Å²) in [7, 11) is 0. The van der Waals surface area contributed by atoms with Gasteiger partial charge in [-0.2, -0.15) is 0 Å². The minimum absolute atomic E-state index is 0.0421. The van der Waals surface area contributed by atoms with Gasteiger partial charge in [-0.1, -0.05) is 34.1 Å². The highest BCUT2D eigenvalue weighted by Crippen LogP contribution is 2.31. The highest BCUT2D eigenvalue weighted by atomic mass is 79.9. The Balaban J connectivity index is 1.86. The molecular weight excluding hydrogens is 310 g/mol. The molecule has 2 N–H and O–H groups in total. The van der Waals surface area contributed by atoms with Crippen LogP contribution in [0, 0.1) is 11.8 Å². The number of rotatable bonds is 4. The first kappa shape index (κ1) is 14.1. The molecule has 2 atom stereocenters. The molecule has 19 heavy (non-hydrogen) atoms. The lowest BCUT2D eigenvalue weighted by molar-refractivity contribution is -0.141. The molecule has 0 heterocycles. The van der Waals surface area contributed by atoms with E-state index in [1.54, 1.807) is 0 Å². The molecule has 0 unspecified atom stereocenters. The van der Waals surface area contributed by atoms with Gasteiger partial charge in [-0.15, -0.1) is 0 Å². The summed E-state index contributed by atoms with van der Waals surface area (Å²) < 4.78 is 0.963. The molecule has 0 aliphatic heterocycles. The van der Waals surface area contributed by atoms with Crippen LogP contribution in [0.3, 0.4) is 0 Å². The molecule has 4 nitrogen and oxygen atoms in total. The molecule has 1 amide bonds. The first-order valence-electron chi connectivity index (χ1n) is 6.32. The van der Waals surface area contributed by atoms with Crippen molar-refractivity contribution in [3.63, 3.8) is 0 Å². The zero-order valence-electron chi connectivity index (χ0n) is 10.4. The number of halogens is 1. The largest absolute Gasteiger partial charge is 0.481 e. The topological polar surface area (TPSA) is 66.4 Å². The molecule has 2 rings (SSSR count). The molecule has 0 spiro atoms. The lowest BCUT2D eigenvalue weighted by Crippen LogP contribution is -2.29. The number of carbonyl (C=O) groups is 2. The first-order chi connectivity index (χ1) is 9.08. The zero-order valence-corrected chi connectivity index (χ0v) is 12.0. The van der Waals surface area contributed by atoms with Crippen LogP contribution in [0.2, 0.25) is 0 Å². The minimum Gasteiger partial charge on any atom is -0.481 e. The summed E-state index contributed by atoms with van der Waals surface area (Å²) in [5, 5.41) is 11.8. The standard InChI is InChI=1S/C14H16BrNO3/c15-12-4-2-1-3-11(12)8-16-13(17)9-5-6-10(7-9)14(18)19/h1-4,9-10H,5-8H2,(H,16,17)(H,18,19)/t9-,10+/m1/s1. The van der Waals surface area contributed by atoms with E-state index in [1.807, 2.05) is 24.3 Å². The zero-order chi connectivity index (χ0) is 13.8. The van der Waals surface area contributed by atoms with Gasteiger partial charge in [0.1, 0.15) is 0 Å². The van der Waals surface area contributed by atoms with Gasteiger partial charge < -0.3 is 10.4 Å². The number of nitrogens with one attached hydrogen (secondary N) is 1. The van der Waals surface area contributed by atoms with Gasteiger partial charge in [0.2, 0.25) is 5.91 Å². The molecule has 1 aromatic rings. The predicted molar refractivity (Wildman–Crippen MR) is 74.5 cm³/mol. The Morgan fingerprint density at radius 3 is 2.58 bits per heavy atom. The van der Waals surface area contributed by atoms with Gasteiger partial charge in [0.05, 0.1) is 5.92 Å². The molecule has 1 aromatic carbocycles. The second-order valence-electron chi connectivity index (χ2n) is 4.85. The maximum absolute atomic E-state index is 12.0. The molecule has 1 fully saturated rings. The van der Waals surface area contributed by atoms with Crippen LogP contribution in [-0.2, 0) is 16.1 Å². The molecule has 1 aliphatic rings. The number of amides is 1. The fraction of sp³-hybridized carbons (Fsp3) is 0.429. The van der Waals surface area contributed by atoms with Gasteiger partial charge in [-0.05, 0) is 30.9 Å². The Kier molecular flexibility index (Phi) is 4.58. The highest BCUT2D eigenvalue weighted by molar-refractivity contribution is 9.10. The van der Waals surface area contributed by atoms with E-state index < -0.39 is 5.97 Å². The molecule has 0 radical (unpaired) electrons. The fourth-order valence-electron chi connectivity index (χ4n) is 2.41. The average Bonchev–Trinajstić information content (AvgIpc) is 2.87. The summed E-state index contributed by atoms with van der Waals surface area (Å²) in [5.74, 6) is -1.36. The average molecular weight is 326 g/mol. The van der Waals surface area contributed by atoms with E-state index in [-0.39, 0.29) is 17.7 Å². The van der Waals surface area contributed by atoms with E-state index in [0.29, 0.717) is 25.8 Å². The third-order valence-electron chi connectivity index (χ3n) is 3.56. The minimum atomic E-state index is -0.791. The van der Waals surface area contributed by atoms with Gasteiger partial charge in [0, 0.05) is 16.9 Å². The van der Waals surface area contributed by atoms with Crippen molar-refractivity contribution < 1.29 is 14.7 Å². The van der Waals surface area contributed by atoms with Crippen molar-refractivity contribution in [2.45, 2.75) is 25.8 Å². The highest BCUT2D eigenvalue weighted by Gasteiger charge is 2.33. The van der Waals surface area contributed by atoms with Crippen LogP contribution >= 0.6 is 15.9 Å². The van der Waals surface area contributed by atoms with Crippen molar-refractivity contribution >= 4 is 27.8 Å². The van der Waals surface area contributed by atoms with Crippen LogP contribution in [0.5, 0.6) is 0 Å². The normalized spacial score (nSPS) is 22.2. The fourth-order valence-corrected chi connectivity index (χ4v) is 2.84. The summed E-state index contributed by atoms with van der Waals surface area (Å²) in [6, 6.07) is 7.71. The lowest BCUT2D eigenvalue weighted by Gasteiger charge is -2.11. The van der Waals surface area contributed by atoms with Crippen LogP contribution in [-0.4, -0.2) is 17.0 Å². The second kappa shape index (κ2) is 6.19. The third-order valence-corrected chi connectivity index (χ3v) is 4.34. The van der Waals surface area contributed by atoms with Crippen molar-refractivity contribution in [2.75, 3.05) is 0 Å². The number of carboxylic acid groups (broad SMARTS) is 1. The molecule has 1 saturated carbocycles. The van der Waals surface area contributed by atoms with Gasteiger partial charge >= 0.3 is 5.97 Å². The van der Waals surface area contributed by atoms with Gasteiger partial charge in [0.15, 0.2) is 0 Å². The summed E-state index contributed by atoms with van der Waals surface area (Å²) in [6.07, 6.45) is 1.72. The second-order valence-corrected chi connectivity index (χ2v) is 5.71. The summed E-state index contributed by atoms with van der Waals surface area (Å²) in [5.41, 5.74) is 1.02. The van der Waals surface area contributed by atoms with E-state index >= 15 is 0 Å². The van der Waals surface area contributed by atoms with Gasteiger partial charge in [-0.25, -0.2) is 0 Å². The number of aliphatic carboxylic acids is 1. The van der Waals surface area contributed by atoms with E-state index in [9.17, 15) is 9.59 Å². The Labute approximate surface area is 120 Å². The molecule has 102 valence electrons. The first-order valence-corrected chi connectivity index (χ1v) is 7.11. The van der Waals surface area contributed by atoms with Crippen LogP contribution in [0.4, 0.5) is 0 Å². The number of carboxylic acids is 1. The van der Waals surface area contributed by atoms with Crippen molar-refractivity contribution in [3.05, 3.63) is 34.3 Å². The number of benzene rings is 1. The summed E-state index contributed by atoms with van der Waals surface area (Å²) in [6.45, 7) is 0.467. The van der Waals surface area contributed by atoms with Crippen LogP contribution in [0.15, 0.2) is 28.7 Å². The van der Waals surface area contributed by atoms with E-state index in [1.165, 1.54) is 0 Å². The van der Waals surface area contributed by atoms with E-state index in [0.717, 1.165) is 10.0 Å². The van der Waals surface area contributed by atoms with Crippen molar-refractivity contribution in [2.24, 2.45) is 11.8 Å². The van der Waals surface area contributed by atoms with Crippen molar-refractivity contribution in [1.29, 1.82) is 0 Å². The number of hydrogen-bond acceptors (Lipinski definition) is 2. The van der Waals surface area contributed by atoms with Crippen molar-refractivity contribution in [3.8, 4) is 0 Å². The summed E-state index contributed by atoms with van der Waals surface area (Å²) in [4.78, 5) is 22.8. The molecule has 0 saturated heterocycles. The van der Waals surface area contributed by atoms with Gasteiger partial charge in [-0.3, -0.25) is 9.59 Å². The van der Waals surface area contributed by atoms with E-state index in [2.05, 4.69) is 21.2 Å². The van der Waals surface area contributed by atoms with Crippen LogP contribution < -0.4 is 5.32 Å². The molecule has 5 heteroatoms. The third kappa shape index (κ3) is 3.56. The maximum Gasteiger partial charge on any atom is 0.306 e. The number of carbonyl (C=O) groups excluding carboxylic acids is 1. The van der Waals surface area contributed by atoms with Crippen molar-refractivity contribution in [1.82, 2.24) is 5.32 Å². The Hall–Kier alpha value is -1.36.